The van der Waals surface area contributed by atoms with Gasteiger partial charge in [0, 0.05) is 6.54 Å². The molecule has 20 heavy (non-hydrogen) atoms. The molecule has 106 valence electrons. The average Bonchev–Trinajstić information content (AvgIpc) is 2.92. The lowest BCUT2D eigenvalue weighted by Gasteiger charge is -2.13. The molecule has 2 aromatic rings. The van der Waals surface area contributed by atoms with Crippen LogP contribution in [0.15, 0.2) is 22.3 Å². The van der Waals surface area contributed by atoms with Crippen molar-refractivity contribution < 1.29 is 4.74 Å². The zero-order valence-corrected chi connectivity index (χ0v) is 12.9. The Labute approximate surface area is 125 Å². The number of aromatic nitrogens is 3. The van der Waals surface area contributed by atoms with Gasteiger partial charge in [-0.05, 0) is 19.1 Å². The Morgan fingerprint density at radius 3 is 3.20 bits per heavy atom. The van der Waals surface area contributed by atoms with E-state index in [4.69, 9.17) is 4.74 Å². The topological polar surface area (TPSA) is 59.9 Å². The number of hydrogen-bond acceptors (Lipinski definition) is 7. The van der Waals surface area contributed by atoms with Crippen LogP contribution >= 0.6 is 23.1 Å². The van der Waals surface area contributed by atoms with Crippen molar-refractivity contribution in [3.05, 3.63) is 18.0 Å². The molecule has 1 N–H and O–H groups in total. The second-order valence-electron chi connectivity index (χ2n) is 4.42. The number of ether oxygens (including phenoxy) is 1. The van der Waals surface area contributed by atoms with Gasteiger partial charge in [-0.3, -0.25) is 0 Å². The van der Waals surface area contributed by atoms with E-state index in [1.165, 1.54) is 5.57 Å². The summed E-state index contributed by atoms with van der Waals surface area (Å²) in [5, 5.41) is 3.40. The van der Waals surface area contributed by atoms with E-state index in [1.54, 1.807) is 29.4 Å². The lowest BCUT2D eigenvalue weighted by molar-refractivity contribution is 0.153. The highest BCUT2D eigenvalue weighted by atomic mass is 32.2. The number of nitrogens with one attached hydrogen (secondary N) is 1. The maximum Gasteiger partial charge on any atom is 0.176 e. The number of anilines is 1. The quantitative estimate of drug-likeness (QED) is 0.677. The van der Waals surface area contributed by atoms with Gasteiger partial charge in [0.1, 0.15) is 16.8 Å². The van der Waals surface area contributed by atoms with E-state index in [1.807, 2.05) is 6.26 Å². The van der Waals surface area contributed by atoms with Gasteiger partial charge in [0.15, 0.2) is 9.99 Å². The molecule has 5 nitrogen and oxygen atoms in total. The predicted octanol–water partition coefficient (Wildman–Crippen LogP) is 2.96. The average molecular weight is 308 g/mol. The van der Waals surface area contributed by atoms with Crippen LogP contribution in [0.3, 0.4) is 0 Å². The maximum absolute atomic E-state index is 5.31. The van der Waals surface area contributed by atoms with E-state index in [9.17, 15) is 0 Å². The zero-order chi connectivity index (χ0) is 13.8. The lowest BCUT2D eigenvalue weighted by atomic mass is 10.1. The second kappa shape index (κ2) is 6.51. The predicted molar refractivity (Wildman–Crippen MR) is 83.6 cm³/mol. The van der Waals surface area contributed by atoms with Gasteiger partial charge in [-0.2, -0.15) is 0 Å². The van der Waals surface area contributed by atoms with Crippen molar-refractivity contribution in [2.45, 2.75) is 17.2 Å². The van der Waals surface area contributed by atoms with E-state index < -0.39 is 0 Å². The third-order valence-electron chi connectivity index (χ3n) is 3.14. The molecule has 0 unspecified atom stereocenters. The highest BCUT2D eigenvalue weighted by Crippen LogP contribution is 2.30. The molecule has 0 saturated carbocycles. The molecule has 3 heterocycles. The van der Waals surface area contributed by atoms with E-state index in [2.05, 4.69) is 26.3 Å². The Kier molecular flexibility index (Phi) is 4.49. The molecule has 0 spiro atoms. The molecule has 2 aromatic heterocycles. The summed E-state index contributed by atoms with van der Waals surface area (Å²) < 4.78 is 7.37. The van der Waals surface area contributed by atoms with Gasteiger partial charge >= 0.3 is 0 Å². The first-order valence-corrected chi connectivity index (χ1v) is 8.56. The van der Waals surface area contributed by atoms with Crippen molar-refractivity contribution in [3.8, 4) is 0 Å². The number of fused-ring (bicyclic) bond motifs is 1. The van der Waals surface area contributed by atoms with Crippen LogP contribution in [-0.4, -0.2) is 41.0 Å². The highest BCUT2D eigenvalue weighted by Gasteiger charge is 2.10. The minimum absolute atomic E-state index is 0.749. The van der Waals surface area contributed by atoms with Crippen LogP contribution in [0.2, 0.25) is 0 Å². The van der Waals surface area contributed by atoms with E-state index in [0.29, 0.717) is 0 Å². The molecule has 1 aliphatic rings. The molecule has 0 atom stereocenters. The smallest absolute Gasteiger partial charge is 0.176 e. The largest absolute Gasteiger partial charge is 0.377 e. The Morgan fingerprint density at radius 2 is 2.40 bits per heavy atom. The molecule has 0 radical (unpaired) electrons. The van der Waals surface area contributed by atoms with Crippen LogP contribution in [0, 0.1) is 0 Å². The summed E-state index contributed by atoms with van der Waals surface area (Å²) in [6.45, 7) is 2.47. The Hall–Kier alpha value is -1.18. The molecular formula is C13H16N4OS2. The van der Waals surface area contributed by atoms with Crippen molar-refractivity contribution in [2.75, 3.05) is 31.3 Å². The molecule has 7 heteroatoms. The van der Waals surface area contributed by atoms with Gasteiger partial charge < -0.3 is 10.1 Å². The fourth-order valence-corrected chi connectivity index (χ4v) is 3.56. The van der Waals surface area contributed by atoms with Crippen molar-refractivity contribution in [1.82, 2.24) is 15.0 Å². The summed E-state index contributed by atoms with van der Waals surface area (Å²) in [4.78, 5) is 13.0. The van der Waals surface area contributed by atoms with Crippen LogP contribution in [0.4, 0.5) is 5.82 Å². The molecule has 0 amide bonds. The molecule has 0 aliphatic carbocycles. The molecule has 0 aromatic carbocycles. The summed E-state index contributed by atoms with van der Waals surface area (Å²) in [6.07, 6.45) is 7.85. The van der Waals surface area contributed by atoms with Crippen molar-refractivity contribution >= 4 is 39.3 Å². The van der Waals surface area contributed by atoms with E-state index >= 15 is 0 Å². The van der Waals surface area contributed by atoms with Crippen LogP contribution in [0.1, 0.15) is 12.8 Å². The van der Waals surface area contributed by atoms with Gasteiger partial charge in [-0.15, -0.1) is 11.3 Å². The summed E-state index contributed by atoms with van der Waals surface area (Å²) in [5.74, 6) is 0.889. The summed E-state index contributed by atoms with van der Waals surface area (Å²) in [7, 11) is 0. The molecule has 0 fully saturated rings. The number of thioether (sulfide) groups is 1. The molecular weight excluding hydrogens is 292 g/mol. The summed E-state index contributed by atoms with van der Waals surface area (Å²) in [6, 6.07) is 0. The number of rotatable bonds is 5. The van der Waals surface area contributed by atoms with Crippen LogP contribution in [-0.2, 0) is 4.74 Å². The van der Waals surface area contributed by atoms with Gasteiger partial charge in [0.2, 0.25) is 0 Å². The molecule has 1 aliphatic heterocycles. The lowest BCUT2D eigenvalue weighted by Crippen LogP contribution is -2.09. The van der Waals surface area contributed by atoms with E-state index in [0.717, 1.165) is 53.1 Å². The monoisotopic (exact) mass is 308 g/mol. The fourth-order valence-electron chi connectivity index (χ4n) is 2.08. The molecule has 0 saturated heterocycles. The van der Waals surface area contributed by atoms with Gasteiger partial charge in [0.05, 0.1) is 13.2 Å². The van der Waals surface area contributed by atoms with Crippen molar-refractivity contribution in [3.63, 3.8) is 0 Å². The third-order valence-corrected chi connectivity index (χ3v) is 5.18. The normalized spacial score (nSPS) is 15.3. The van der Waals surface area contributed by atoms with Gasteiger partial charge in [-0.1, -0.05) is 23.4 Å². The number of thiazole rings is 1. The zero-order valence-electron chi connectivity index (χ0n) is 11.3. The summed E-state index contributed by atoms with van der Waals surface area (Å²) in [5.41, 5.74) is 2.24. The molecule has 0 bridgehead atoms. The first kappa shape index (κ1) is 13.8. The highest BCUT2D eigenvalue weighted by molar-refractivity contribution is 8.00. The Bertz CT molecular complexity index is 626. The van der Waals surface area contributed by atoms with E-state index in [-0.39, 0.29) is 0 Å². The minimum atomic E-state index is 0.749. The van der Waals surface area contributed by atoms with Crippen LogP contribution < -0.4 is 5.32 Å². The fraction of sp³-hybridized carbons (Fsp3) is 0.462. The SMILES string of the molecule is CSc1nc2ncnc(NCCC3=CCOCC3)c2s1. The van der Waals surface area contributed by atoms with Crippen LogP contribution in [0.25, 0.3) is 10.3 Å². The number of nitrogens with zero attached hydrogens (tertiary/aromatic N) is 3. The van der Waals surface area contributed by atoms with Gasteiger partial charge in [-0.25, -0.2) is 15.0 Å². The number of hydrogen-bond donors (Lipinski definition) is 1. The van der Waals surface area contributed by atoms with Crippen molar-refractivity contribution in [1.29, 1.82) is 0 Å². The first-order chi connectivity index (χ1) is 9.86. The molecule has 3 rings (SSSR count). The van der Waals surface area contributed by atoms with Crippen LogP contribution in [0.5, 0.6) is 0 Å². The van der Waals surface area contributed by atoms with Crippen molar-refractivity contribution in [2.24, 2.45) is 0 Å². The maximum atomic E-state index is 5.31. The summed E-state index contributed by atoms with van der Waals surface area (Å²) >= 11 is 3.28. The Morgan fingerprint density at radius 1 is 1.45 bits per heavy atom. The third kappa shape index (κ3) is 3.11. The Balaban J connectivity index is 1.67. The second-order valence-corrected chi connectivity index (χ2v) is 6.48. The minimum Gasteiger partial charge on any atom is -0.377 e. The van der Waals surface area contributed by atoms with Gasteiger partial charge in [0.25, 0.3) is 0 Å². The first-order valence-electron chi connectivity index (χ1n) is 6.52. The standard InChI is InChI=1S/C13H16N4OS2/c1-19-13-17-12-10(20-13)11(15-8-16-12)14-5-2-9-3-6-18-7-4-9/h3,8H,2,4-7H2,1H3,(H,14,15,16).